The Bertz CT molecular complexity index is 938. The number of nitrogens with one attached hydrogen (secondary N) is 1. The Morgan fingerprint density at radius 3 is 2.28 bits per heavy atom. The van der Waals surface area contributed by atoms with Crippen molar-refractivity contribution < 1.29 is 14.4 Å². The van der Waals surface area contributed by atoms with Crippen LogP contribution in [0.5, 0.6) is 0 Å². The Labute approximate surface area is 170 Å². The first-order valence-corrected chi connectivity index (χ1v) is 10.2. The van der Waals surface area contributed by atoms with Gasteiger partial charge in [-0.1, -0.05) is 18.2 Å². The predicted octanol–water partition coefficient (Wildman–Crippen LogP) is 2.19. The van der Waals surface area contributed by atoms with Gasteiger partial charge in [0.1, 0.15) is 0 Å². The molecule has 2 amide bonds. The van der Waals surface area contributed by atoms with Crippen molar-refractivity contribution in [3.8, 4) is 5.69 Å². The molecule has 2 fully saturated rings. The monoisotopic (exact) mass is 394 g/mol. The lowest BCUT2D eigenvalue weighted by Crippen LogP contribution is -2.45. The van der Waals surface area contributed by atoms with Crippen LogP contribution in [0.3, 0.4) is 0 Å². The van der Waals surface area contributed by atoms with E-state index in [0.29, 0.717) is 48.9 Å². The van der Waals surface area contributed by atoms with E-state index >= 15 is 0 Å². The maximum Gasteiger partial charge on any atom is 0.295 e. The van der Waals surface area contributed by atoms with Gasteiger partial charge in [-0.25, -0.2) is 4.68 Å². The van der Waals surface area contributed by atoms with Gasteiger partial charge in [0.15, 0.2) is 0 Å². The SMILES string of the molecule is Cc1nn(-c2ccccc2)c(C)c1C(=O)C(=O)N1CCC(C(=O)NC2CC2)CC1. The number of hydrogen-bond donors (Lipinski definition) is 1. The van der Waals surface area contributed by atoms with Gasteiger partial charge in [0.25, 0.3) is 11.7 Å². The number of para-hydroxylation sites is 1. The topological polar surface area (TPSA) is 84.3 Å². The molecule has 4 rings (SSSR count). The van der Waals surface area contributed by atoms with Crippen LogP contribution in [-0.2, 0) is 9.59 Å². The van der Waals surface area contributed by atoms with Gasteiger partial charge in [-0.2, -0.15) is 5.10 Å². The first kappa shape index (κ1) is 19.4. The molecule has 2 aliphatic rings. The number of carbonyl (C=O) groups excluding carboxylic acids is 3. The summed E-state index contributed by atoms with van der Waals surface area (Å²) in [5.74, 6) is -1.02. The van der Waals surface area contributed by atoms with Crippen LogP contribution in [0.15, 0.2) is 30.3 Å². The minimum atomic E-state index is -0.525. The second-order valence-electron chi connectivity index (χ2n) is 7.97. The van der Waals surface area contributed by atoms with Crippen molar-refractivity contribution in [2.45, 2.75) is 45.6 Å². The number of amides is 2. The minimum Gasteiger partial charge on any atom is -0.353 e. The Hall–Kier alpha value is -2.96. The Morgan fingerprint density at radius 2 is 1.66 bits per heavy atom. The molecule has 1 aliphatic heterocycles. The van der Waals surface area contributed by atoms with E-state index in [2.05, 4.69) is 10.4 Å². The summed E-state index contributed by atoms with van der Waals surface area (Å²) in [4.78, 5) is 39.6. The fourth-order valence-electron chi connectivity index (χ4n) is 3.93. The molecule has 29 heavy (non-hydrogen) atoms. The van der Waals surface area contributed by atoms with E-state index < -0.39 is 11.7 Å². The van der Waals surface area contributed by atoms with Crippen molar-refractivity contribution in [3.05, 3.63) is 47.3 Å². The normalized spacial score (nSPS) is 17.2. The van der Waals surface area contributed by atoms with Gasteiger partial charge in [-0.3, -0.25) is 14.4 Å². The molecule has 0 bridgehead atoms. The summed E-state index contributed by atoms with van der Waals surface area (Å²) in [5, 5.41) is 7.50. The van der Waals surface area contributed by atoms with Crippen LogP contribution in [0.1, 0.15) is 47.4 Å². The first-order chi connectivity index (χ1) is 14.0. The van der Waals surface area contributed by atoms with Gasteiger partial charge < -0.3 is 10.2 Å². The van der Waals surface area contributed by atoms with E-state index in [1.165, 1.54) is 0 Å². The molecule has 1 aromatic carbocycles. The van der Waals surface area contributed by atoms with Crippen molar-refractivity contribution in [1.82, 2.24) is 20.0 Å². The summed E-state index contributed by atoms with van der Waals surface area (Å²) in [6.07, 6.45) is 3.32. The molecule has 1 saturated carbocycles. The van der Waals surface area contributed by atoms with E-state index in [1.807, 2.05) is 37.3 Å². The highest BCUT2D eigenvalue weighted by atomic mass is 16.2. The summed E-state index contributed by atoms with van der Waals surface area (Å²) >= 11 is 0. The number of aromatic nitrogens is 2. The molecular formula is C22H26N4O3. The van der Waals surface area contributed by atoms with Crippen LogP contribution in [0.25, 0.3) is 5.69 Å². The summed E-state index contributed by atoms with van der Waals surface area (Å²) < 4.78 is 1.70. The summed E-state index contributed by atoms with van der Waals surface area (Å²) in [5.41, 5.74) is 2.42. The smallest absolute Gasteiger partial charge is 0.295 e. The number of piperidine rings is 1. The molecule has 152 valence electrons. The van der Waals surface area contributed by atoms with Crippen LogP contribution >= 0.6 is 0 Å². The van der Waals surface area contributed by atoms with E-state index in [9.17, 15) is 14.4 Å². The number of likely N-dealkylation sites (tertiary alicyclic amines) is 1. The highest BCUT2D eigenvalue weighted by molar-refractivity contribution is 6.43. The van der Waals surface area contributed by atoms with Crippen LogP contribution in [0.2, 0.25) is 0 Å². The zero-order valence-corrected chi connectivity index (χ0v) is 16.9. The van der Waals surface area contributed by atoms with Crippen molar-refractivity contribution in [2.75, 3.05) is 13.1 Å². The maximum absolute atomic E-state index is 13.0. The number of nitrogens with zero attached hydrogens (tertiary/aromatic N) is 3. The zero-order chi connectivity index (χ0) is 20.5. The van der Waals surface area contributed by atoms with Gasteiger partial charge >= 0.3 is 0 Å². The molecule has 1 aromatic heterocycles. The number of Topliss-reactive ketones (excluding diaryl/α,β-unsaturated/α-hetero) is 1. The average molecular weight is 394 g/mol. The van der Waals surface area contributed by atoms with E-state index in [1.54, 1.807) is 16.5 Å². The maximum atomic E-state index is 13.0. The number of benzene rings is 1. The number of carbonyl (C=O) groups is 3. The highest BCUT2D eigenvalue weighted by Gasteiger charge is 2.34. The predicted molar refractivity (Wildman–Crippen MR) is 108 cm³/mol. The third-order valence-electron chi connectivity index (χ3n) is 5.79. The van der Waals surface area contributed by atoms with Gasteiger partial charge in [0.05, 0.1) is 22.6 Å². The quantitative estimate of drug-likeness (QED) is 0.622. The lowest BCUT2D eigenvalue weighted by Gasteiger charge is -2.30. The molecule has 2 heterocycles. The molecular weight excluding hydrogens is 368 g/mol. The number of hydrogen-bond acceptors (Lipinski definition) is 4. The lowest BCUT2D eigenvalue weighted by molar-refractivity contribution is -0.132. The summed E-state index contributed by atoms with van der Waals surface area (Å²) in [7, 11) is 0. The Balaban J connectivity index is 1.44. The highest BCUT2D eigenvalue weighted by Crippen LogP contribution is 2.24. The standard InChI is InChI=1S/C22H26N4O3/c1-14-19(15(2)26(24-14)18-6-4-3-5-7-18)20(27)22(29)25-12-10-16(11-13-25)21(28)23-17-8-9-17/h3-7,16-17H,8-13H2,1-2H3,(H,23,28). The fourth-order valence-corrected chi connectivity index (χ4v) is 3.93. The van der Waals surface area contributed by atoms with Gasteiger partial charge in [-0.05, 0) is 51.7 Å². The Kier molecular flexibility index (Phi) is 5.22. The second-order valence-corrected chi connectivity index (χ2v) is 7.97. The van der Waals surface area contributed by atoms with Gasteiger partial charge in [0.2, 0.25) is 5.91 Å². The molecule has 0 radical (unpaired) electrons. The van der Waals surface area contributed by atoms with E-state index in [4.69, 9.17) is 0 Å². The molecule has 1 saturated heterocycles. The van der Waals surface area contributed by atoms with Crippen molar-refractivity contribution in [2.24, 2.45) is 5.92 Å². The molecule has 7 heteroatoms. The van der Waals surface area contributed by atoms with Crippen LogP contribution in [-0.4, -0.2) is 51.4 Å². The molecule has 0 unspecified atom stereocenters. The van der Waals surface area contributed by atoms with Gasteiger partial charge in [0, 0.05) is 25.0 Å². The Morgan fingerprint density at radius 1 is 1.00 bits per heavy atom. The first-order valence-electron chi connectivity index (χ1n) is 10.2. The zero-order valence-electron chi connectivity index (χ0n) is 16.9. The minimum absolute atomic E-state index is 0.0703. The number of ketones is 1. The molecule has 0 spiro atoms. The average Bonchev–Trinajstić information content (AvgIpc) is 3.50. The van der Waals surface area contributed by atoms with E-state index in [0.717, 1.165) is 18.5 Å². The van der Waals surface area contributed by atoms with Crippen LogP contribution in [0, 0.1) is 19.8 Å². The number of aryl methyl sites for hydroxylation is 1. The van der Waals surface area contributed by atoms with Crippen LogP contribution in [0.4, 0.5) is 0 Å². The third-order valence-corrected chi connectivity index (χ3v) is 5.79. The van der Waals surface area contributed by atoms with Gasteiger partial charge in [-0.15, -0.1) is 0 Å². The summed E-state index contributed by atoms with van der Waals surface area (Å²) in [6, 6.07) is 9.89. The number of rotatable bonds is 5. The molecule has 1 aliphatic carbocycles. The molecule has 1 N–H and O–H groups in total. The largest absolute Gasteiger partial charge is 0.353 e. The fraction of sp³-hybridized carbons (Fsp3) is 0.455. The molecule has 2 aromatic rings. The van der Waals surface area contributed by atoms with E-state index in [-0.39, 0.29) is 11.8 Å². The lowest BCUT2D eigenvalue weighted by atomic mass is 9.95. The molecule has 0 atom stereocenters. The van der Waals surface area contributed by atoms with Crippen molar-refractivity contribution in [3.63, 3.8) is 0 Å². The molecule has 7 nitrogen and oxygen atoms in total. The van der Waals surface area contributed by atoms with Crippen molar-refractivity contribution in [1.29, 1.82) is 0 Å². The van der Waals surface area contributed by atoms with Crippen molar-refractivity contribution >= 4 is 17.6 Å². The summed E-state index contributed by atoms with van der Waals surface area (Å²) in [6.45, 7) is 4.42. The van der Waals surface area contributed by atoms with Crippen LogP contribution < -0.4 is 5.32 Å². The second kappa shape index (κ2) is 7.81. The third kappa shape index (κ3) is 3.95.